The quantitative estimate of drug-likeness (QED) is 0.800. The van der Waals surface area contributed by atoms with Crippen LogP contribution in [0.1, 0.15) is 25.8 Å². The first-order valence-corrected chi connectivity index (χ1v) is 5.69. The highest BCUT2D eigenvalue weighted by Gasteiger charge is 2.08. The van der Waals surface area contributed by atoms with Crippen LogP contribution in [0.25, 0.3) is 0 Å². The molecule has 0 unspecified atom stereocenters. The van der Waals surface area contributed by atoms with Crippen LogP contribution in [0.2, 0.25) is 0 Å². The van der Waals surface area contributed by atoms with Gasteiger partial charge >= 0.3 is 0 Å². The van der Waals surface area contributed by atoms with Crippen LogP contribution in [0, 0.1) is 5.92 Å². The Morgan fingerprint density at radius 1 is 1.38 bits per heavy atom. The van der Waals surface area contributed by atoms with E-state index in [4.69, 9.17) is 5.11 Å². The van der Waals surface area contributed by atoms with E-state index in [1.165, 1.54) is 0 Å². The van der Waals surface area contributed by atoms with E-state index in [2.05, 4.69) is 5.32 Å². The first-order chi connectivity index (χ1) is 7.63. The summed E-state index contributed by atoms with van der Waals surface area (Å²) in [7, 11) is 0. The van der Waals surface area contributed by atoms with Gasteiger partial charge in [-0.2, -0.15) is 0 Å². The van der Waals surface area contributed by atoms with Crippen LogP contribution >= 0.6 is 0 Å². The molecule has 1 rings (SSSR count). The minimum absolute atomic E-state index is 0.0832. The SMILES string of the molecule is CC[C@H](C)C(=O)NCCc1ccc(O)cc1. The third-order valence-corrected chi connectivity index (χ3v) is 2.71. The van der Waals surface area contributed by atoms with Crippen LogP contribution in [0.4, 0.5) is 0 Å². The van der Waals surface area contributed by atoms with E-state index in [0.717, 1.165) is 18.4 Å². The molecule has 0 bridgehead atoms. The fourth-order valence-electron chi connectivity index (χ4n) is 1.35. The van der Waals surface area contributed by atoms with Crippen LogP contribution in [-0.4, -0.2) is 17.6 Å². The van der Waals surface area contributed by atoms with Gasteiger partial charge in [0.05, 0.1) is 0 Å². The Balaban J connectivity index is 2.30. The smallest absolute Gasteiger partial charge is 0.222 e. The molecule has 88 valence electrons. The maximum atomic E-state index is 11.5. The van der Waals surface area contributed by atoms with E-state index in [1.54, 1.807) is 12.1 Å². The van der Waals surface area contributed by atoms with E-state index in [1.807, 2.05) is 26.0 Å². The van der Waals surface area contributed by atoms with Crippen molar-refractivity contribution in [3.05, 3.63) is 29.8 Å². The van der Waals surface area contributed by atoms with Gasteiger partial charge in [0.1, 0.15) is 5.75 Å². The summed E-state index contributed by atoms with van der Waals surface area (Å²) in [6.07, 6.45) is 1.66. The number of benzene rings is 1. The van der Waals surface area contributed by atoms with Crippen LogP contribution in [-0.2, 0) is 11.2 Å². The highest BCUT2D eigenvalue weighted by Crippen LogP contribution is 2.09. The summed E-state index contributed by atoms with van der Waals surface area (Å²) in [6, 6.07) is 7.05. The van der Waals surface area contributed by atoms with Crippen molar-refractivity contribution in [1.82, 2.24) is 5.32 Å². The van der Waals surface area contributed by atoms with Gasteiger partial charge in [0.15, 0.2) is 0 Å². The summed E-state index contributed by atoms with van der Waals surface area (Å²) < 4.78 is 0. The number of nitrogens with one attached hydrogen (secondary N) is 1. The number of phenols is 1. The zero-order chi connectivity index (χ0) is 12.0. The molecular formula is C13H19NO2. The molecule has 1 aromatic carbocycles. The van der Waals surface area contributed by atoms with Crippen molar-refractivity contribution in [3.63, 3.8) is 0 Å². The van der Waals surface area contributed by atoms with Crippen LogP contribution < -0.4 is 5.32 Å². The van der Waals surface area contributed by atoms with Crippen LogP contribution in [0.5, 0.6) is 5.75 Å². The molecule has 0 heterocycles. The average molecular weight is 221 g/mol. The molecule has 0 aromatic heterocycles. The van der Waals surface area contributed by atoms with Gasteiger partial charge in [-0.3, -0.25) is 4.79 Å². The second-order valence-corrected chi connectivity index (χ2v) is 4.02. The van der Waals surface area contributed by atoms with Crippen molar-refractivity contribution in [3.8, 4) is 5.75 Å². The summed E-state index contributed by atoms with van der Waals surface area (Å²) in [6.45, 7) is 4.58. The largest absolute Gasteiger partial charge is 0.508 e. The van der Waals surface area contributed by atoms with E-state index in [-0.39, 0.29) is 17.6 Å². The Hall–Kier alpha value is -1.51. The van der Waals surface area contributed by atoms with Gasteiger partial charge in [-0.25, -0.2) is 0 Å². The number of phenolic OH excluding ortho intramolecular Hbond substituents is 1. The van der Waals surface area contributed by atoms with E-state index >= 15 is 0 Å². The highest BCUT2D eigenvalue weighted by atomic mass is 16.3. The molecule has 1 amide bonds. The Morgan fingerprint density at radius 3 is 2.56 bits per heavy atom. The molecule has 3 heteroatoms. The second-order valence-electron chi connectivity index (χ2n) is 4.02. The number of hydrogen-bond acceptors (Lipinski definition) is 2. The van der Waals surface area contributed by atoms with Crippen molar-refractivity contribution in [2.75, 3.05) is 6.54 Å². The summed E-state index contributed by atoms with van der Waals surface area (Å²) in [5.74, 6) is 0.466. The standard InChI is InChI=1S/C13H19NO2/c1-3-10(2)13(16)14-9-8-11-4-6-12(15)7-5-11/h4-7,10,15H,3,8-9H2,1-2H3,(H,14,16)/t10-/m0/s1. The third-order valence-electron chi connectivity index (χ3n) is 2.71. The van der Waals surface area contributed by atoms with Crippen molar-refractivity contribution in [1.29, 1.82) is 0 Å². The first kappa shape index (κ1) is 12.6. The number of carbonyl (C=O) groups is 1. The Labute approximate surface area is 96.5 Å². The predicted molar refractivity (Wildman–Crippen MR) is 64.3 cm³/mol. The van der Waals surface area contributed by atoms with E-state index in [0.29, 0.717) is 6.54 Å². The van der Waals surface area contributed by atoms with Crippen molar-refractivity contribution in [2.45, 2.75) is 26.7 Å². The fourth-order valence-corrected chi connectivity index (χ4v) is 1.35. The van der Waals surface area contributed by atoms with Crippen molar-refractivity contribution in [2.24, 2.45) is 5.92 Å². The lowest BCUT2D eigenvalue weighted by Crippen LogP contribution is -2.30. The van der Waals surface area contributed by atoms with Crippen molar-refractivity contribution >= 4 is 5.91 Å². The van der Waals surface area contributed by atoms with Gasteiger partial charge in [0.2, 0.25) is 5.91 Å². The summed E-state index contributed by atoms with van der Waals surface area (Å²) >= 11 is 0. The third kappa shape index (κ3) is 3.93. The molecule has 0 saturated carbocycles. The maximum Gasteiger partial charge on any atom is 0.222 e. The molecule has 1 atom stereocenters. The fraction of sp³-hybridized carbons (Fsp3) is 0.462. The summed E-state index contributed by atoms with van der Waals surface area (Å²) in [5, 5.41) is 12.0. The van der Waals surface area contributed by atoms with Gasteiger partial charge in [0, 0.05) is 12.5 Å². The number of carbonyl (C=O) groups excluding carboxylic acids is 1. The lowest BCUT2D eigenvalue weighted by Gasteiger charge is -2.09. The van der Waals surface area contributed by atoms with Gasteiger partial charge in [-0.05, 0) is 30.5 Å². The lowest BCUT2D eigenvalue weighted by molar-refractivity contribution is -0.124. The molecule has 0 fully saturated rings. The van der Waals surface area contributed by atoms with Crippen LogP contribution in [0.3, 0.4) is 0 Å². The van der Waals surface area contributed by atoms with Gasteiger partial charge in [0.25, 0.3) is 0 Å². The molecule has 1 aromatic rings. The lowest BCUT2D eigenvalue weighted by atomic mass is 10.1. The van der Waals surface area contributed by atoms with E-state index < -0.39 is 0 Å². The van der Waals surface area contributed by atoms with Gasteiger partial charge in [-0.15, -0.1) is 0 Å². The topological polar surface area (TPSA) is 49.3 Å². The Morgan fingerprint density at radius 2 is 2.00 bits per heavy atom. The summed E-state index contributed by atoms with van der Waals surface area (Å²) in [5.41, 5.74) is 1.11. The molecule has 2 N–H and O–H groups in total. The first-order valence-electron chi connectivity index (χ1n) is 5.69. The average Bonchev–Trinajstić information content (AvgIpc) is 2.30. The number of aromatic hydroxyl groups is 1. The van der Waals surface area contributed by atoms with Gasteiger partial charge in [-0.1, -0.05) is 26.0 Å². The zero-order valence-electron chi connectivity index (χ0n) is 9.86. The Bertz CT molecular complexity index is 332. The molecule has 0 saturated heterocycles. The second kappa shape index (κ2) is 6.16. The van der Waals surface area contributed by atoms with Gasteiger partial charge < -0.3 is 10.4 Å². The zero-order valence-corrected chi connectivity index (χ0v) is 9.86. The normalized spacial score (nSPS) is 12.1. The molecule has 0 radical (unpaired) electrons. The predicted octanol–water partition coefficient (Wildman–Crippen LogP) is 2.10. The Kier molecular flexibility index (Phi) is 4.83. The molecule has 0 aliphatic heterocycles. The number of rotatable bonds is 5. The number of amides is 1. The van der Waals surface area contributed by atoms with Crippen molar-refractivity contribution < 1.29 is 9.90 Å². The molecular weight excluding hydrogens is 202 g/mol. The minimum Gasteiger partial charge on any atom is -0.508 e. The van der Waals surface area contributed by atoms with E-state index in [9.17, 15) is 4.79 Å². The molecule has 16 heavy (non-hydrogen) atoms. The maximum absolute atomic E-state index is 11.5. The molecule has 3 nitrogen and oxygen atoms in total. The monoisotopic (exact) mass is 221 g/mol. The minimum atomic E-state index is 0.0832. The molecule has 0 aliphatic carbocycles. The molecule has 0 aliphatic rings. The molecule has 0 spiro atoms. The summed E-state index contributed by atoms with van der Waals surface area (Å²) in [4.78, 5) is 11.5. The highest BCUT2D eigenvalue weighted by molar-refractivity contribution is 5.78. The van der Waals surface area contributed by atoms with Crippen LogP contribution in [0.15, 0.2) is 24.3 Å². The number of hydrogen-bond donors (Lipinski definition) is 2.